The molecule has 0 spiro atoms. The Hall–Kier alpha value is -1.99. The number of aryl methyl sites for hydroxylation is 2. The molecule has 0 aliphatic carbocycles. The average Bonchev–Trinajstić information content (AvgIpc) is 2.77. The Balaban J connectivity index is 2.16. The fourth-order valence-corrected chi connectivity index (χ4v) is 2.03. The van der Waals surface area contributed by atoms with Gasteiger partial charge in [0, 0.05) is 12.1 Å². The Bertz CT molecular complexity index is 625. The summed E-state index contributed by atoms with van der Waals surface area (Å²) in [6.07, 6.45) is 0.911. The van der Waals surface area contributed by atoms with E-state index in [1.54, 1.807) is 18.2 Å². The molecule has 0 bridgehead atoms. The fraction of sp³-hybridized carbons (Fsp3) is 0.286. The van der Waals surface area contributed by atoms with Crippen LogP contribution in [-0.4, -0.2) is 9.78 Å². The number of hydrogen-bond donors (Lipinski definition) is 1. The van der Waals surface area contributed by atoms with Crippen molar-refractivity contribution in [1.29, 1.82) is 5.26 Å². The molecule has 0 aliphatic heterocycles. The van der Waals surface area contributed by atoms with Crippen molar-refractivity contribution < 1.29 is 0 Å². The maximum absolute atomic E-state index is 9.05. The number of nitrogens with one attached hydrogen (secondary N) is 1. The molecule has 1 N–H and O–H groups in total. The van der Waals surface area contributed by atoms with E-state index in [0.717, 1.165) is 23.5 Å². The van der Waals surface area contributed by atoms with E-state index < -0.39 is 0 Å². The summed E-state index contributed by atoms with van der Waals surface area (Å²) in [5, 5.41) is 17.3. The molecule has 5 heteroatoms. The quantitative estimate of drug-likeness (QED) is 0.932. The summed E-state index contributed by atoms with van der Waals surface area (Å²) >= 11 is 5.95. The minimum atomic E-state index is 0.585. The van der Waals surface area contributed by atoms with Crippen molar-refractivity contribution in [2.24, 2.45) is 7.05 Å². The van der Waals surface area contributed by atoms with Gasteiger partial charge in [0.2, 0.25) is 0 Å². The molecule has 1 heterocycles. The van der Waals surface area contributed by atoms with Gasteiger partial charge in [0.25, 0.3) is 0 Å². The van der Waals surface area contributed by atoms with E-state index in [-0.39, 0.29) is 0 Å². The monoisotopic (exact) mass is 274 g/mol. The summed E-state index contributed by atoms with van der Waals surface area (Å²) in [7, 11) is 1.92. The first-order chi connectivity index (χ1) is 9.13. The highest BCUT2D eigenvalue weighted by Gasteiger charge is 2.06. The molecule has 0 aliphatic rings. The van der Waals surface area contributed by atoms with Crippen molar-refractivity contribution in [2.45, 2.75) is 19.9 Å². The first-order valence-corrected chi connectivity index (χ1v) is 6.47. The normalized spacial score (nSPS) is 10.2. The largest absolute Gasteiger partial charge is 0.378 e. The van der Waals surface area contributed by atoms with Crippen molar-refractivity contribution in [2.75, 3.05) is 5.32 Å². The molecule has 2 rings (SSSR count). The van der Waals surface area contributed by atoms with E-state index in [9.17, 15) is 0 Å². The smallest absolute Gasteiger partial charge is 0.101 e. The number of nitrogens with zero attached hydrogens (tertiary/aromatic N) is 3. The summed E-state index contributed by atoms with van der Waals surface area (Å²) in [5.74, 6) is 0. The lowest BCUT2D eigenvalue weighted by Gasteiger charge is -2.08. The van der Waals surface area contributed by atoms with Crippen LogP contribution in [0.3, 0.4) is 0 Å². The third-order valence-electron chi connectivity index (χ3n) is 2.95. The molecule has 0 unspecified atom stereocenters. The van der Waals surface area contributed by atoms with Crippen molar-refractivity contribution in [1.82, 2.24) is 9.78 Å². The van der Waals surface area contributed by atoms with Crippen molar-refractivity contribution in [3.8, 4) is 6.07 Å². The summed E-state index contributed by atoms with van der Waals surface area (Å²) in [6, 6.07) is 9.39. The van der Waals surface area contributed by atoms with Crippen LogP contribution in [0.25, 0.3) is 0 Å². The lowest BCUT2D eigenvalue weighted by molar-refractivity contribution is 0.707. The Morgan fingerprint density at radius 2 is 2.21 bits per heavy atom. The second kappa shape index (κ2) is 5.77. The van der Waals surface area contributed by atoms with Gasteiger partial charge in [0.1, 0.15) is 6.07 Å². The standard InChI is InChI=1S/C14H15ClN4/c1-3-12-7-13(19(2)18-12)9-17-14-6-11(15)5-4-10(14)8-16/h4-7,17H,3,9H2,1-2H3. The molecule has 98 valence electrons. The second-order valence-electron chi connectivity index (χ2n) is 4.26. The maximum Gasteiger partial charge on any atom is 0.101 e. The summed E-state index contributed by atoms with van der Waals surface area (Å²) < 4.78 is 1.85. The topological polar surface area (TPSA) is 53.6 Å². The van der Waals surface area contributed by atoms with Crippen LogP contribution in [0.4, 0.5) is 5.69 Å². The van der Waals surface area contributed by atoms with E-state index in [1.807, 2.05) is 11.7 Å². The van der Waals surface area contributed by atoms with Gasteiger partial charge in [-0.1, -0.05) is 18.5 Å². The van der Waals surface area contributed by atoms with Gasteiger partial charge in [-0.2, -0.15) is 10.4 Å². The second-order valence-corrected chi connectivity index (χ2v) is 4.70. The van der Waals surface area contributed by atoms with E-state index in [1.165, 1.54) is 0 Å². The van der Waals surface area contributed by atoms with Crippen LogP contribution in [0.5, 0.6) is 0 Å². The van der Waals surface area contributed by atoms with Gasteiger partial charge in [-0.25, -0.2) is 0 Å². The fourth-order valence-electron chi connectivity index (χ4n) is 1.86. The number of benzene rings is 1. The highest BCUT2D eigenvalue weighted by Crippen LogP contribution is 2.21. The first-order valence-electron chi connectivity index (χ1n) is 6.09. The third-order valence-corrected chi connectivity index (χ3v) is 3.19. The number of halogens is 1. The predicted molar refractivity (Wildman–Crippen MR) is 76.1 cm³/mol. The van der Waals surface area contributed by atoms with Crippen molar-refractivity contribution in [3.63, 3.8) is 0 Å². The minimum absolute atomic E-state index is 0.585. The zero-order chi connectivity index (χ0) is 13.8. The van der Waals surface area contributed by atoms with Crippen LogP contribution in [0, 0.1) is 11.3 Å². The number of anilines is 1. The van der Waals surface area contributed by atoms with E-state index in [4.69, 9.17) is 16.9 Å². The molecule has 1 aromatic heterocycles. The van der Waals surface area contributed by atoms with Gasteiger partial charge in [0.15, 0.2) is 0 Å². The molecule has 0 radical (unpaired) electrons. The molecule has 0 atom stereocenters. The molecule has 0 saturated carbocycles. The van der Waals surface area contributed by atoms with E-state index in [2.05, 4.69) is 29.5 Å². The van der Waals surface area contributed by atoms with Gasteiger partial charge in [-0.15, -0.1) is 0 Å². The van der Waals surface area contributed by atoms with Crippen LogP contribution in [0.1, 0.15) is 23.9 Å². The van der Waals surface area contributed by atoms with Gasteiger partial charge in [0.05, 0.1) is 29.2 Å². The molecule has 1 aromatic carbocycles. The lowest BCUT2D eigenvalue weighted by atomic mass is 10.2. The van der Waals surface area contributed by atoms with Crippen molar-refractivity contribution >= 4 is 17.3 Å². The van der Waals surface area contributed by atoms with Gasteiger partial charge < -0.3 is 5.32 Å². The van der Waals surface area contributed by atoms with Crippen LogP contribution < -0.4 is 5.32 Å². The Labute approximate surface area is 117 Å². The zero-order valence-electron chi connectivity index (χ0n) is 10.9. The van der Waals surface area contributed by atoms with Crippen LogP contribution in [0.2, 0.25) is 5.02 Å². The van der Waals surface area contributed by atoms with E-state index >= 15 is 0 Å². The molecule has 0 saturated heterocycles. The highest BCUT2D eigenvalue weighted by molar-refractivity contribution is 6.30. The Morgan fingerprint density at radius 1 is 1.42 bits per heavy atom. The number of aromatic nitrogens is 2. The molecule has 4 nitrogen and oxygen atoms in total. The third kappa shape index (κ3) is 3.07. The SMILES string of the molecule is CCc1cc(CNc2cc(Cl)ccc2C#N)n(C)n1. The Morgan fingerprint density at radius 3 is 2.84 bits per heavy atom. The summed E-state index contributed by atoms with van der Waals surface area (Å²) in [5.41, 5.74) is 3.46. The number of nitriles is 1. The summed E-state index contributed by atoms with van der Waals surface area (Å²) in [6.45, 7) is 2.68. The zero-order valence-corrected chi connectivity index (χ0v) is 11.7. The molecular weight excluding hydrogens is 260 g/mol. The average molecular weight is 275 g/mol. The molecule has 19 heavy (non-hydrogen) atoms. The van der Waals surface area contributed by atoms with E-state index in [0.29, 0.717) is 17.1 Å². The number of rotatable bonds is 4. The predicted octanol–water partition coefficient (Wildman–Crippen LogP) is 3.12. The molecule has 2 aromatic rings. The van der Waals surface area contributed by atoms with Crippen LogP contribution in [0.15, 0.2) is 24.3 Å². The maximum atomic E-state index is 9.05. The van der Waals surface area contributed by atoms with Gasteiger partial charge in [-0.3, -0.25) is 4.68 Å². The molecular formula is C14H15ClN4. The van der Waals surface area contributed by atoms with Crippen LogP contribution >= 0.6 is 11.6 Å². The van der Waals surface area contributed by atoms with Gasteiger partial charge in [-0.05, 0) is 30.7 Å². The lowest BCUT2D eigenvalue weighted by Crippen LogP contribution is -2.06. The first kappa shape index (κ1) is 13.4. The van der Waals surface area contributed by atoms with Gasteiger partial charge >= 0.3 is 0 Å². The Kier molecular flexibility index (Phi) is 4.08. The minimum Gasteiger partial charge on any atom is -0.378 e. The van der Waals surface area contributed by atoms with Crippen LogP contribution in [-0.2, 0) is 20.0 Å². The van der Waals surface area contributed by atoms with Crippen molar-refractivity contribution in [3.05, 3.63) is 46.2 Å². The molecule has 0 amide bonds. The highest BCUT2D eigenvalue weighted by atomic mass is 35.5. The molecule has 0 fully saturated rings. The number of hydrogen-bond acceptors (Lipinski definition) is 3. The summed E-state index contributed by atoms with van der Waals surface area (Å²) in [4.78, 5) is 0.